The first-order valence-corrected chi connectivity index (χ1v) is 10.5. The van der Waals surface area contributed by atoms with Crippen molar-refractivity contribution in [3.05, 3.63) is 65.5 Å². The first-order chi connectivity index (χ1) is 14.0. The van der Waals surface area contributed by atoms with Gasteiger partial charge in [-0.2, -0.15) is 0 Å². The van der Waals surface area contributed by atoms with Gasteiger partial charge in [0.05, 0.1) is 0 Å². The molecule has 1 saturated heterocycles. The van der Waals surface area contributed by atoms with E-state index in [1.807, 2.05) is 35.2 Å². The lowest BCUT2D eigenvalue weighted by Crippen LogP contribution is -2.46. The predicted octanol–water partition coefficient (Wildman–Crippen LogP) is 4.41. The normalized spacial score (nSPS) is 15.3. The standard InChI is InChI=1S/C24H32FN3O/c1-4-15-27(3)21-11-9-19(10-12-21)24(29)28(22-13-16-26(2)17-14-22)18-20-7-5-6-8-23(20)25/h5-12,22H,4,13-18H2,1-3H3. The van der Waals surface area contributed by atoms with E-state index in [-0.39, 0.29) is 17.8 Å². The molecule has 2 aromatic carbocycles. The van der Waals surface area contributed by atoms with E-state index in [9.17, 15) is 9.18 Å². The molecule has 1 heterocycles. The summed E-state index contributed by atoms with van der Waals surface area (Å²) in [6, 6.07) is 14.7. The minimum Gasteiger partial charge on any atom is -0.375 e. The maximum absolute atomic E-state index is 14.3. The van der Waals surface area contributed by atoms with Crippen LogP contribution in [0, 0.1) is 5.82 Å². The first kappa shape index (κ1) is 21.3. The van der Waals surface area contributed by atoms with Crippen LogP contribution in [0.3, 0.4) is 0 Å². The molecular formula is C24H32FN3O. The molecule has 1 fully saturated rings. The molecule has 5 heteroatoms. The molecule has 0 unspecified atom stereocenters. The molecular weight excluding hydrogens is 365 g/mol. The number of hydrogen-bond acceptors (Lipinski definition) is 3. The Bertz CT molecular complexity index is 800. The average molecular weight is 398 g/mol. The van der Waals surface area contributed by atoms with E-state index in [2.05, 4.69) is 30.8 Å². The van der Waals surface area contributed by atoms with Crippen molar-refractivity contribution in [1.82, 2.24) is 9.80 Å². The van der Waals surface area contributed by atoms with Gasteiger partial charge in [-0.15, -0.1) is 0 Å². The number of rotatable bonds is 7. The quantitative estimate of drug-likeness (QED) is 0.692. The highest BCUT2D eigenvalue weighted by atomic mass is 19.1. The Morgan fingerprint density at radius 1 is 1.10 bits per heavy atom. The van der Waals surface area contributed by atoms with Crippen LogP contribution in [0.5, 0.6) is 0 Å². The number of amides is 1. The van der Waals surface area contributed by atoms with Crippen LogP contribution in [-0.2, 0) is 6.54 Å². The molecule has 0 aromatic heterocycles. The number of hydrogen-bond donors (Lipinski definition) is 0. The van der Waals surface area contributed by atoms with Gasteiger partial charge in [-0.25, -0.2) is 4.39 Å². The lowest BCUT2D eigenvalue weighted by Gasteiger charge is -2.37. The molecule has 0 aliphatic carbocycles. The fourth-order valence-corrected chi connectivity index (χ4v) is 3.97. The Hall–Kier alpha value is -2.40. The van der Waals surface area contributed by atoms with Gasteiger partial charge in [-0.3, -0.25) is 4.79 Å². The van der Waals surface area contributed by atoms with Crippen molar-refractivity contribution < 1.29 is 9.18 Å². The zero-order valence-corrected chi connectivity index (χ0v) is 17.8. The highest BCUT2D eigenvalue weighted by Gasteiger charge is 2.28. The molecule has 0 spiro atoms. The van der Waals surface area contributed by atoms with Crippen molar-refractivity contribution in [2.45, 2.75) is 38.8 Å². The van der Waals surface area contributed by atoms with Crippen LogP contribution in [0.1, 0.15) is 42.1 Å². The van der Waals surface area contributed by atoms with Crippen LogP contribution in [0.4, 0.5) is 10.1 Å². The van der Waals surface area contributed by atoms with Crippen LogP contribution in [-0.4, -0.2) is 55.5 Å². The summed E-state index contributed by atoms with van der Waals surface area (Å²) in [6.45, 7) is 5.33. The molecule has 1 aliphatic heterocycles. The fourth-order valence-electron chi connectivity index (χ4n) is 3.97. The van der Waals surface area contributed by atoms with Gasteiger partial charge < -0.3 is 14.7 Å². The van der Waals surface area contributed by atoms with E-state index in [0.29, 0.717) is 17.7 Å². The number of carbonyl (C=O) groups is 1. The van der Waals surface area contributed by atoms with Crippen LogP contribution >= 0.6 is 0 Å². The van der Waals surface area contributed by atoms with Crippen LogP contribution in [0.2, 0.25) is 0 Å². The molecule has 0 saturated carbocycles. The van der Waals surface area contributed by atoms with Gasteiger partial charge in [0, 0.05) is 43.0 Å². The van der Waals surface area contributed by atoms with Gasteiger partial charge in [-0.05, 0) is 69.7 Å². The number of halogens is 1. The number of anilines is 1. The highest BCUT2D eigenvalue weighted by Crippen LogP contribution is 2.23. The molecule has 0 N–H and O–H groups in total. The minimum absolute atomic E-state index is 0.0208. The summed E-state index contributed by atoms with van der Waals surface area (Å²) in [4.78, 5) is 19.8. The Kier molecular flexibility index (Phi) is 7.26. The number of piperidine rings is 1. The Balaban J connectivity index is 1.82. The molecule has 156 valence electrons. The van der Waals surface area contributed by atoms with Crippen LogP contribution in [0.25, 0.3) is 0 Å². The number of likely N-dealkylation sites (tertiary alicyclic amines) is 1. The second-order valence-corrected chi connectivity index (χ2v) is 8.03. The summed E-state index contributed by atoms with van der Waals surface area (Å²) in [7, 11) is 4.16. The molecule has 0 bridgehead atoms. The van der Waals surface area contributed by atoms with Crippen molar-refractivity contribution in [3.8, 4) is 0 Å². The molecule has 29 heavy (non-hydrogen) atoms. The third-order valence-corrected chi connectivity index (χ3v) is 5.80. The molecule has 0 atom stereocenters. The molecule has 2 aromatic rings. The van der Waals surface area contributed by atoms with Gasteiger partial charge in [0.1, 0.15) is 5.82 Å². The lowest BCUT2D eigenvalue weighted by atomic mass is 10.0. The Morgan fingerprint density at radius 3 is 2.38 bits per heavy atom. The Morgan fingerprint density at radius 2 is 1.76 bits per heavy atom. The topological polar surface area (TPSA) is 26.8 Å². The van der Waals surface area contributed by atoms with E-state index in [1.54, 1.807) is 12.1 Å². The van der Waals surface area contributed by atoms with Crippen LogP contribution < -0.4 is 4.90 Å². The smallest absolute Gasteiger partial charge is 0.254 e. The van der Waals surface area contributed by atoms with Crippen molar-refractivity contribution in [2.75, 3.05) is 38.6 Å². The molecule has 4 nitrogen and oxygen atoms in total. The van der Waals surface area contributed by atoms with Gasteiger partial charge in [0.2, 0.25) is 0 Å². The maximum atomic E-state index is 14.3. The number of benzene rings is 2. The third-order valence-electron chi connectivity index (χ3n) is 5.80. The van der Waals surface area contributed by atoms with Crippen LogP contribution in [0.15, 0.2) is 48.5 Å². The minimum atomic E-state index is -0.255. The van der Waals surface area contributed by atoms with Gasteiger partial charge in [0.15, 0.2) is 0 Å². The van der Waals surface area contributed by atoms with Crippen molar-refractivity contribution in [3.63, 3.8) is 0 Å². The van der Waals surface area contributed by atoms with Gasteiger partial charge in [0.25, 0.3) is 5.91 Å². The van der Waals surface area contributed by atoms with Crippen molar-refractivity contribution >= 4 is 11.6 Å². The summed E-state index contributed by atoms with van der Waals surface area (Å²) in [5, 5.41) is 0. The first-order valence-electron chi connectivity index (χ1n) is 10.5. The monoisotopic (exact) mass is 397 g/mol. The van der Waals surface area contributed by atoms with E-state index in [4.69, 9.17) is 0 Å². The Labute approximate surface area is 173 Å². The summed E-state index contributed by atoms with van der Waals surface area (Å²) >= 11 is 0. The highest BCUT2D eigenvalue weighted by molar-refractivity contribution is 5.94. The summed E-state index contributed by atoms with van der Waals surface area (Å²) < 4.78 is 14.3. The summed E-state index contributed by atoms with van der Waals surface area (Å²) in [5.74, 6) is -0.276. The van der Waals surface area contributed by atoms with Gasteiger partial charge >= 0.3 is 0 Å². The summed E-state index contributed by atoms with van der Waals surface area (Å²) in [5.41, 5.74) is 2.33. The van der Waals surface area contributed by atoms with Crippen molar-refractivity contribution in [2.24, 2.45) is 0 Å². The fraction of sp³-hybridized carbons (Fsp3) is 0.458. The van der Waals surface area contributed by atoms with Crippen molar-refractivity contribution in [1.29, 1.82) is 0 Å². The van der Waals surface area contributed by atoms with E-state index < -0.39 is 0 Å². The van der Waals surface area contributed by atoms with E-state index >= 15 is 0 Å². The number of nitrogens with zero attached hydrogens (tertiary/aromatic N) is 3. The largest absolute Gasteiger partial charge is 0.375 e. The SMILES string of the molecule is CCCN(C)c1ccc(C(=O)N(Cc2ccccc2F)C2CCN(C)CC2)cc1. The molecule has 1 aliphatic rings. The lowest BCUT2D eigenvalue weighted by molar-refractivity contribution is 0.0567. The number of carbonyl (C=O) groups excluding carboxylic acids is 1. The van der Waals surface area contributed by atoms with Gasteiger partial charge in [-0.1, -0.05) is 25.1 Å². The van der Waals surface area contributed by atoms with E-state index in [0.717, 1.165) is 44.6 Å². The zero-order valence-electron chi connectivity index (χ0n) is 17.8. The summed E-state index contributed by atoms with van der Waals surface area (Å²) in [6.07, 6.45) is 2.89. The second-order valence-electron chi connectivity index (χ2n) is 8.03. The average Bonchev–Trinajstić information content (AvgIpc) is 2.74. The molecule has 0 radical (unpaired) electrons. The second kappa shape index (κ2) is 9.88. The maximum Gasteiger partial charge on any atom is 0.254 e. The molecule has 1 amide bonds. The third kappa shape index (κ3) is 5.36. The zero-order chi connectivity index (χ0) is 20.8. The molecule has 3 rings (SSSR count). The predicted molar refractivity (Wildman–Crippen MR) is 117 cm³/mol. The van der Waals surface area contributed by atoms with E-state index in [1.165, 1.54) is 6.07 Å².